The average Bonchev–Trinajstić information content (AvgIpc) is 3.25. The molecule has 0 bridgehead atoms. The molecular weight excluding hydrogens is 403 g/mol. The van der Waals surface area contributed by atoms with Crippen molar-refractivity contribution in [2.24, 2.45) is 0 Å². The fourth-order valence-corrected chi connectivity index (χ4v) is 3.68. The number of anilines is 1. The Kier molecular flexibility index (Phi) is 4.95. The van der Waals surface area contributed by atoms with Gasteiger partial charge in [0.05, 0.1) is 5.69 Å². The van der Waals surface area contributed by atoms with Crippen molar-refractivity contribution in [2.75, 3.05) is 5.32 Å². The van der Waals surface area contributed by atoms with Crippen LogP contribution >= 0.6 is 0 Å². The van der Waals surface area contributed by atoms with E-state index in [2.05, 4.69) is 15.4 Å². The Morgan fingerprint density at radius 3 is 2.41 bits per heavy atom. The molecule has 1 aromatic heterocycles. The monoisotopic (exact) mass is 422 g/mol. The van der Waals surface area contributed by atoms with Crippen molar-refractivity contribution in [3.05, 3.63) is 108 Å². The second-order valence-electron chi connectivity index (χ2n) is 7.45. The number of hydrogen-bond donors (Lipinski definition) is 1. The van der Waals surface area contributed by atoms with Gasteiger partial charge in [-0.1, -0.05) is 54.6 Å². The predicted molar refractivity (Wildman–Crippen MR) is 123 cm³/mol. The zero-order chi connectivity index (χ0) is 22.1. The quantitative estimate of drug-likeness (QED) is 0.399. The standard InChI is InChI=1S/C26H19FN4O/c1-17-7-2-5-12-23(17)31-25(19-13-15-20(27)16-14-19)29-24(30-31)26(32)28-22-11-6-9-18-8-3-4-10-21(18)22/h2-16H,1H3,(H,28,32). The third-order valence-electron chi connectivity index (χ3n) is 5.29. The van der Waals surface area contributed by atoms with E-state index in [4.69, 9.17) is 0 Å². The lowest BCUT2D eigenvalue weighted by Gasteiger charge is -2.08. The summed E-state index contributed by atoms with van der Waals surface area (Å²) in [5, 5.41) is 9.40. The summed E-state index contributed by atoms with van der Waals surface area (Å²) in [5.74, 6) is -0.274. The van der Waals surface area contributed by atoms with Crippen LogP contribution in [0.1, 0.15) is 16.2 Å². The summed E-state index contributed by atoms with van der Waals surface area (Å²) >= 11 is 0. The van der Waals surface area contributed by atoms with E-state index >= 15 is 0 Å². The molecule has 156 valence electrons. The second-order valence-corrected chi connectivity index (χ2v) is 7.45. The SMILES string of the molecule is Cc1ccccc1-n1nc(C(=O)Nc2cccc3ccccc23)nc1-c1ccc(F)cc1. The molecule has 0 atom stereocenters. The molecule has 1 heterocycles. The number of fused-ring (bicyclic) bond motifs is 1. The van der Waals surface area contributed by atoms with Gasteiger partial charge in [-0.3, -0.25) is 4.79 Å². The first-order valence-electron chi connectivity index (χ1n) is 10.2. The number of carbonyl (C=O) groups excluding carboxylic acids is 1. The van der Waals surface area contributed by atoms with Crippen molar-refractivity contribution in [2.45, 2.75) is 6.92 Å². The van der Waals surface area contributed by atoms with Crippen molar-refractivity contribution >= 4 is 22.4 Å². The van der Waals surface area contributed by atoms with Gasteiger partial charge < -0.3 is 5.32 Å². The summed E-state index contributed by atoms with van der Waals surface area (Å²) in [5.41, 5.74) is 3.11. The summed E-state index contributed by atoms with van der Waals surface area (Å²) in [6.07, 6.45) is 0. The molecule has 5 aromatic rings. The largest absolute Gasteiger partial charge is 0.319 e. The lowest BCUT2D eigenvalue weighted by atomic mass is 10.1. The summed E-state index contributed by atoms with van der Waals surface area (Å²) in [6.45, 7) is 1.96. The Labute approximate surface area is 184 Å². The first kappa shape index (κ1) is 19.6. The average molecular weight is 422 g/mol. The van der Waals surface area contributed by atoms with Gasteiger partial charge in [0, 0.05) is 16.6 Å². The van der Waals surface area contributed by atoms with E-state index in [1.165, 1.54) is 12.1 Å². The number of nitrogens with zero attached hydrogens (tertiary/aromatic N) is 3. The number of carbonyl (C=O) groups is 1. The van der Waals surface area contributed by atoms with Crippen LogP contribution in [0.25, 0.3) is 27.8 Å². The summed E-state index contributed by atoms with van der Waals surface area (Å²) < 4.78 is 15.1. The van der Waals surface area contributed by atoms with Gasteiger partial charge in [0.25, 0.3) is 5.91 Å². The molecule has 0 aliphatic rings. The molecule has 32 heavy (non-hydrogen) atoms. The highest BCUT2D eigenvalue weighted by Crippen LogP contribution is 2.26. The van der Waals surface area contributed by atoms with Gasteiger partial charge in [0.15, 0.2) is 5.82 Å². The molecule has 0 radical (unpaired) electrons. The van der Waals surface area contributed by atoms with E-state index in [1.807, 2.05) is 73.7 Å². The highest BCUT2D eigenvalue weighted by atomic mass is 19.1. The molecule has 0 aliphatic heterocycles. The Balaban J connectivity index is 1.58. The molecule has 0 fully saturated rings. The molecule has 6 heteroatoms. The smallest absolute Gasteiger partial charge is 0.295 e. The van der Waals surface area contributed by atoms with Crippen LogP contribution in [0.4, 0.5) is 10.1 Å². The Hall–Kier alpha value is -4.32. The van der Waals surface area contributed by atoms with Crippen LogP contribution in [0, 0.1) is 12.7 Å². The number of nitrogens with one attached hydrogen (secondary N) is 1. The highest BCUT2D eigenvalue weighted by Gasteiger charge is 2.20. The minimum Gasteiger partial charge on any atom is -0.319 e. The molecule has 1 N–H and O–H groups in total. The number of rotatable bonds is 4. The summed E-state index contributed by atoms with van der Waals surface area (Å²) in [4.78, 5) is 17.6. The zero-order valence-corrected chi connectivity index (χ0v) is 17.3. The van der Waals surface area contributed by atoms with Crippen molar-refractivity contribution in [1.82, 2.24) is 14.8 Å². The number of aromatic nitrogens is 3. The van der Waals surface area contributed by atoms with E-state index in [0.29, 0.717) is 17.1 Å². The van der Waals surface area contributed by atoms with Crippen LogP contribution in [0.3, 0.4) is 0 Å². The number of amides is 1. The molecule has 1 amide bonds. The number of benzene rings is 4. The van der Waals surface area contributed by atoms with Gasteiger partial charge in [-0.25, -0.2) is 14.1 Å². The third-order valence-corrected chi connectivity index (χ3v) is 5.29. The molecule has 0 aliphatic carbocycles. The molecule has 0 saturated heterocycles. The highest BCUT2D eigenvalue weighted by molar-refractivity contribution is 6.07. The molecule has 0 spiro atoms. The minimum absolute atomic E-state index is 0.0283. The molecule has 0 unspecified atom stereocenters. The van der Waals surface area contributed by atoms with E-state index in [9.17, 15) is 9.18 Å². The van der Waals surface area contributed by atoms with Crippen LogP contribution in [0.15, 0.2) is 91.0 Å². The minimum atomic E-state index is -0.419. The van der Waals surface area contributed by atoms with Gasteiger partial charge in [-0.15, -0.1) is 5.10 Å². The number of hydrogen-bond acceptors (Lipinski definition) is 3. The summed E-state index contributed by atoms with van der Waals surface area (Å²) in [6, 6.07) is 27.2. The van der Waals surface area contributed by atoms with E-state index in [0.717, 1.165) is 22.0 Å². The maximum absolute atomic E-state index is 13.5. The van der Waals surface area contributed by atoms with E-state index < -0.39 is 5.91 Å². The van der Waals surface area contributed by atoms with Gasteiger partial charge in [0.1, 0.15) is 5.82 Å². The lowest BCUT2D eigenvalue weighted by molar-refractivity contribution is 0.101. The maximum Gasteiger partial charge on any atom is 0.295 e. The first-order chi connectivity index (χ1) is 15.6. The lowest BCUT2D eigenvalue weighted by Crippen LogP contribution is -2.14. The molecule has 4 aromatic carbocycles. The van der Waals surface area contributed by atoms with E-state index in [1.54, 1.807) is 16.8 Å². The van der Waals surface area contributed by atoms with Crippen LogP contribution in [-0.4, -0.2) is 20.7 Å². The summed E-state index contributed by atoms with van der Waals surface area (Å²) in [7, 11) is 0. The van der Waals surface area contributed by atoms with Gasteiger partial charge in [-0.2, -0.15) is 0 Å². The molecule has 5 nitrogen and oxygen atoms in total. The predicted octanol–water partition coefficient (Wildman–Crippen LogP) is 5.79. The van der Waals surface area contributed by atoms with Crippen LogP contribution < -0.4 is 5.32 Å². The fraction of sp³-hybridized carbons (Fsp3) is 0.0385. The van der Waals surface area contributed by atoms with Gasteiger partial charge in [0.2, 0.25) is 5.82 Å². The number of aryl methyl sites for hydroxylation is 1. The molecule has 5 rings (SSSR count). The zero-order valence-electron chi connectivity index (χ0n) is 17.3. The van der Waals surface area contributed by atoms with Crippen LogP contribution in [0.5, 0.6) is 0 Å². The Bertz CT molecular complexity index is 1430. The van der Waals surface area contributed by atoms with Crippen molar-refractivity contribution < 1.29 is 9.18 Å². The normalized spacial score (nSPS) is 10.9. The maximum atomic E-state index is 13.5. The Morgan fingerprint density at radius 1 is 0.875 bits per heavy atom. The third kappa shape index (κ3) is 3.63. The molecule has 0 saturated carbocycles. The van der Waals surface area contributed by atoms with Crippen LogP contribution in [-0.2, 0) is 0 Å². The first-order valence-corrected chi connectivity index (χ1v) is 10.2. The van der Waals surface area contributed by atoms with Crippen molar-refractivity contribution in [3.8, 4) is 17.1 Å². The van der Waals surface area contributed by atoms with Gasteiger partial charge >= 0.3 is 0 Å². The van der Waals surface area contributed by atoms with E-state index in [-0.39, 0.29) is 11.6 Å². The van der Waals surface area contributed by atoms with Crippen molar-refractivity contribution in [3.63, 3.8) is 0 Å². The van der Waals surface area contributed by atoms with Gasteiger partial charge in [-0.05, 0) is 54.3 Å². The topological polar surface area (TPSA) is 59.8 Å². The molecular formula is C26H19FN4O. The van der Waals surface area contributed by atoms with Crippen molar-refractivity contribution in [1.29, 1.82) is 0 Å². The number of halogens is 1. The van der Waals surface area contributed by atoms with Crippen LogP contribution in [0.2, 0.25) is 0 Å². The Morgan fingerprint density at radius 2 is 1.59 bits per heavy atom. The second kappa shape index (κ2) is 8.07. The fourth-order valence-electron chi connectivity index (χ4n) is 3.68. The number of para-hydroxylation sites is 1.